The Labute approximate surface area is 218 Å². The summed E-state index contributed by atoms with van der Waals surface area (Å²) in [5.41, 5.74) is 1.41. The van der Waals surface area contributed by atoms with E-state index >= 15 is 0 Å². The Hall–Kier alpha value is -4.43. The number of pyridine rings is 1. The van der Waals surface area contributed by atoms with E-state index in [4.69, 9.17) is 9.47 Å². The minimum atomic E-state index is -4.16. The fourth-order valence-electron chi connectivity index (χ4n) is 3.63. The van der Waals surface area contributed by atoms with Gasteiger partial charge in [-0.15, -0.1) is 10.2 Å². The SMILES string of the molecule is COc1cccc(-c2nnc(NS(=O)(=O)[C@@H](C)[C@H](OC)c3ncc(C)cn3)n2-c2cccc(C(=O)O)c2)n1. The number of nitrogens with zero attached hydrogens (tertiary/aromatic N) is 6. The Balaban J connectivity index is 1.79. The van der Waals surface area contributed by atoms with Crippen LogP contribution in [0.2, 0.25) is 0 Å². The van der Waals surface area contributed by atoms with Crippen molar-refractivity contribution in [1.29, 1.82) is 0 Å². The van der Waals surface area contributed by atoms with Crippen LogP contribution in [0.4, 0.5) is 5.95 Å². The van der Waals surface area contributed by atoms with Crippen LogP contribution < -0.4 is 9.46 Å². The van der Waals surface area contributed by atoms with Crippen molar-refractivity contribution in [3.8, 4) is 23.1 Å². The van der Waals surface area contributed by atoms with Crippen LogP contribution in [0, 0.1) is 6.92 Å². The molecule has 0 bridgehead atoms. The van der Waals surface area contributed by atoms with Gasteiger partial charge in [0, 0.05) is 25.6 Å². The van der Waals surface area contributed by atoms with E-state index < -0.39 is 27.3 Å². The topological polar surface area (TPSA) is 171 Å². The number of anilines is 1. The number of sulfonamides is 1. The highest BCUT2D eigenvalue weighted by Crippen LogP contribution is 2.29. The number of benzene rings is 1. The number of ether oxygens (including phenoxy) is 2. The molecule has 1 aromatic carbocycles. The van der Waals surface area contributed by atoms with Crippen LogP contribution in [0.25, 0.3) is 17.2 Å². The molecule has 14 heteroatoms. The van der Waals surface area contributed by atoms with E-state index in [0.717, 1.165) is 5.56 Å². The van der Waals surface area contributed by atoms with Crippen LogP contribution in [-0.4, -0.2) is 68.7 Å². The molecule has 2 N–H and O–H groups in total. The third-order valence-electron chi connectivity index (χ3n) is 5.63. The number of methoxy groups -OCH3 is 2. The first-order valence-electron chi connectivity index (χ1n) is 11.3. The molecule has 0 aliphatic heterocycles. The molecule has 0 spiro atoms. The quantitative estimate of drug-likeness (QED) is 0.303. The van der Waals surface area contributed by atoms with Crippen molar-refractivity contribution in [2.45, 2.75) is 25.2 Å². The molecule has 0 amide bonds. The maximum Gasteiger partial charge on any atom is 0.335 e. The van der Waals surface area contributed by atoms with Crippen molar-refractivity contribution < 1.29 is 27.8 Å². The predicted molar refractivity (Wildman–Crippen MR) is 137 cm³/mol. The zero-order chi connectivity index (χ0) is 27.4. The van der Waals surface area contributed by atoms with E-state index in [0.29, 0.717) is 17.3 Å². The lowest BCUT2D eigenvalue weighted by Crippen LogP contribution is -2.33. The monoisotopic (exact) mass is 539 g/mol. The molecular weight excluding hydrogens is 514 g/mol. The second kappa shape index (κ2) is 10.9. The average molecular weight is 540 g/mol. The smallest absolute Gasteiger partial charge is 0.335 e. The summed E-state index contributed by atoms with van der Waals surface area (Å²) in [6, 6.07) is 10.9. The van der Waals surface area contributed by atoms with Gasteiger partial charge in [-0.1, -0.05) is 12.1 Å². The van der Waals surface area contributed by atoms with Crippen LogP contribution >= 0.6 is 0 Å². The van der Waals surface area contributed by atoms with Gasteiger partial charge < -0.3 is 14.6 Å². The van der Waals surface area contributed by atoms with E-state index in [1.807, 2.05) is 6.92 Å². The van der Waals surface area contributed by atoms with Gasteiger partial charge >= 0.3 is 5.97 Å². The molecule has 3 aromatic heterocycles. The van der Waals surface area contributed by atoms with E-state index in [2.05, 4.69) is 29.9 Å². The molecule has 4 aromatic rings. The Bertz CT molecular complexity index is 1560. The summed E-state index contributed by atoms with van der Waals surface area (Å²) in [6.45, 7) is 3.27. The largest absolute Gasteiger partial charge is 0.481 e. The number of rotatable bonds is 10. The Morgan fingerprint density at radius 1 is 1.08 bits per heavy atom. The summed E-state index contributed by atoms with van der Waals surface area (Å²) in [5, 5.41) is 16.6. The highest BCUT2D eigenvalue weighted by molar-refractivity contribution is 7.93. The zero-order valence-corrected chi connectivity index (χ0v) is 21.7. The van der Waals surface area contributed by atoms with E-state index in [1.165, 1.54) is 43.9 Å². The highest BCUT2D eigenvalue weighted by atomic mass is 32.2. The van der Waals surface area contributed by atoms with Crippen LogP contribution in [-0.2, 0) is 14.8 Å². The minimum absolute atomic E-state index is 0.0149. The van der Waals surface area contributed by atoms with Crippen molar-refractivity contribution in [2.24, 2.45) is 0 Å². The zero-order valence-electron chi connectivity index (χ0n) is 20.9. The summed E-state index contributed by atoms with van der Waals surface area (Å²) in [4.78, 5) is 24.4. The Kier molecular flexibility index (Phi) is 7.64. The minimum Gasteiger partial charge on any atom is -0.481 e. The number of carbonyl (C=O) groups is 1. The van der Waals surface area contributed by atoms with Gasteiger partial charge in [0.25, 0.3) is 0 Å². The van der Waals surface area contributed by atoms with Crippen LogP contribution in [0.5, 0.6) is 5.88 Å². The molecule has 38 heavy (non-hydrogen) atoms. The first-order chi connectivity index (χ1) is 18.1. The number of aromatic carboxylic acids is 1. The molecule has 0 aliphatic carbocycles. The van der Waals surface area contributed by atoms with Gasteiger partial charge in [-0.05, 0) is 43.7 Å². The molecule has 0 saturated carbocycles. The lowest BCUT2D eigenvalue weighted by Gasteiger charge is -2.22. The second-order valence-corrected chi connectivity index (χ2v) is 10.3. The van der Waals surface area contributed by atoms with Crippen molar-refractivity contribution in [3.63, 3.8) is 0 Å². The third-order valence-corrected chi connectivity index (χ3v) is 7.33. The molecule has 3 heterocycles. The normalized spacial score (nSPS) is 13.1. The number of hydrogen-bond acceptors (Lipinski definition) is 10. The number of nitrogens with one attached hydrogen (secondary N) is 1. The van der Waals surface area contributed by atoms with Gasteiger partial charge in [-0.2, -0.15) is 0 Å². The summed E-state index contributed by atoms with van der Waals surface area (Å²) < 4.78 is 41.4. The van der Waals surface area contributed by atoms with Gasteiger partial charge in [-0.3, -0.25) is 9.29 Å². The van der Waals surface area contributed by atoms with Gasteiger partial charge in [0.05, 0.1) is 18.4 Å². The number of hydrogen-bond donors (Lipinski definition) is 2. The van der Waals surface area contributed by atoms with Crippen LogP contribution in [0.1, 0.15) is 34.8 Å². The number of carboxylic acid groups (broad SMARTS) is 1. The van der Waals surface area contributed by atoms with Crippen molar-refractivity contribution in [1.82, 2.24) is 29.7 Å². The molecule has 0 aliphatic rings. The summed E-state index contributed by atoms with van der Waals surface area (Å²) in [6.07, 6.45) is 2.15. The van der Waals surface area contributed by atoms with E-state index in [1.54, 1.807) is 36.7 Å². The first kappa shape index (κ1) is 26.6. The number of aryl methyl sites for hydroxylation is 1. The van der Waals surface area contributed by atoms with Crippen LogP contribution in [0.3, 0.4) is 0 Å². The second-order valence-electron chi connectivity index (χ2n) is 8.23. The number of aromatic nitrogens is 6. The van der Waals surface area contributed by atoms with Gasteiger partial charge in [0.2, 0.25) is 21.9 Å². The first-order valence-corrected chi connectivity index (χ1v) is 12.8. The highest BCUT2D eigenvalue weighted by Gasteiger charge is 2.34. The Morgan fingerprint density at radius 3 is 2.45 bits per heavy atom. The van der Waals surface area contributed by atoms with E-state index in [-0.39, 0.29) is 23.2 Å². The van der Waals surface area contributed by atoms with Gasteiger partial charge in [0.15, 0.2) is 11.6 Å². The summed E-state index contributed by atoms with van der Waals surface area (Å²) in [5.74, 6) is -0.681. The van der Waals surface area contributed by atoms with Crippen LogP contribution in [0.15, 0.2) is 54.9 Å². The molecule has 4 rings (SSSR count). The van der Waals surface area contributed by atoms with Crippen molar-refractivity contribution in [3.05, 3.63) is 71.8 Å². The fraction of sp³-hybridized carbons (Fsp3) is 0.250. The number of carboxylic acids is 1. The summed E-state index contributed by atoms with van der Waals surface area (Å²) in [7, 11) is -1.34. The van der Waals surface area contributed by atoms with Crippen molar-refractivity contribution >= 4 is 21.9 Å². The van der Waals surface area contributed by atoms with E-state index in [9.17, 15) is 18.3 Å². The fourth-order valence-corrected chi connectivity index (χ4v) is 4.76. The molecular formula is C24H25N7O6S. The maximum atomic E-state index is 13.5. The predicted octanol–water partition coefficient (Wildman–Crippen LogP) is 2.65. The molecule has 0 fully saturated rings. The maximum absolute atomic E-state index is 13.5. The van der Waals surface area contributed by atoms with Gasteiger partial charge in [-0.25, -0.2) is 28.2 Å². The standard InChI is InChI=1S/C24H25N7O6S/c1-14-12-25-21(26-13-14)20(37-4)15(2)38(34,35)30-24-29-28-22(18-9-6-10-19(27-18)36-3)31(24)17-8-5-7-16(11-17)23(32)33/h5-13,15,20H,1-4H3,(H,29,30)(H,32,33)/t15-,20-/m0/s1. The lowest BCUT2D eigenvalue weighted by molar-refractivity contribution is 0.0696. The molecule has 0 unspecified atom stereocenters. The molecule has 198 valence electrons. The van der Waals surface area contributed by atoms with Crippen molar-refractivity contribution in [2.75, 3.05) is 18.9 Å². The average Bonchev–Trinajstić information content (AvgIpc) is 3.33. The molecule has 2 atom stereocenters. The Morgan fingerprint density at radius 2 is 1.79 bits per heavy atom. The third kappa shape index (κ3) is 5.45. The lowest BCUT2D eigenvalue weighted by atomic mass is 10.2. The molecule has 13 nitrogen and oxygen atoms in total. The molecule has 0 saturated heterocycles. The van der Waals surface area contributed by atoms with Gasteiger partial charge in [0.1, 0.15) is 17.0 Å². The summed E-state index contributed by atoms with van der Waals surface area (Å²) >= 11 is 0. The molecule has 0 radical (unpaired) electrons.